The van der Waals surface area contributed by atoms with E-state index in [4.69, 9.17) is 0 Å². The predicted molar refractivity (Wildman–Crippen MR) is 76.6 cm³/mol. The highest BCUT2D eigenvalue weighted by Crippen LogP contribution is 2.26. The average molecular weight is 295 g/mol. The van der Waals surface area contributed by atoms with Gasteiger partial charge in [-0.1, -0.05) is 6.07 Å². The van der Waals surface area contributed by atoms with Crippen LogP contribution in [0, 0.1) is 0 Å². The highest BCUT2D eigenvalue weighted by atomic mass is 32.2. The van der Waals surface area contributed by atoms with Crippen molar-refractivity contribution < 1.29 is 13.5 Å². The second-order valence-electron chi connectivity index (χ2n) is 5.14. The molecule has 0 aliphatic carbocycles. The molecule has 0 amide bonds. The normalized spacial score (nSPS) is 21.4. The van der Waals surface area contributed by atoms with E-state index in [0.717, 1.165) is 5.65 Å². The van der Waals surface area contributed by atoms with Crippen LogP contribution in [0.4, 0.5) is 5.82 Å². The highest BCUT2D eigenvalue weighted by Gasteiger charge is 2.32. The lowest BCUT2D eigenvalue weighted by Crippen LogP contribution is -2.33. The average Bonchev–Trinajstić information content (AvgIpc) is 2.97. The van der Waals surface area contributed by atoms with E-state index in [-0.39, 0.29) is 24.2 Å². The van der Waals surface area contributed by atoms with Gasteiger partial charge in [0.2, 0.25) is 0 Å². The Hall–Kier alpha value is -1.60. The number of aliphatic hydroxyl groups is 1. The first-order chi connectivity index (χ1) is 9.52. The Morgan fingerprint density at radius 3 is 2.95 bits per heavy atom. The number of aliphatic hydroxyl groups excluding tert-OH is 1. The molecule has 7 heteroatoms. The fourth-order valence-electron chi connectivity index (χ4n) is 2.72. The van der Waals surface area contributed by atoms with E-state index in [0.29, 0.717) is 17.9 Å². The van der Waals surface area contributed by atoms with Gasteiger partial charge >= 0.3 is 0 Å². The smallest absolute Gasteiger partial charge is 0.153 e. The van der Waals surface area contributed by atoms with Gasteiger partial charge in [0.25, 0.3) is 0 Å². The number of anilines is 1. The van der Waals surface area contributed by atoms with Gasteiger partial charge in [0, 0.05) is 19.3 Å². The summed E-state index contributed by atoms with van der Waals surface area (Å²) in [5.41, 5.74) is 1.44. The van der Waals surface area contributed by atoms with Crippen molar-refractivity contribution in [3.05, 3.63) is 30.1 Å². The van der Waals surface area contributed by atoms with Crippen LogP contribution in [0.5, 0.6) is 0 Å². The Balaban J connectivity index is 2.01. The van der Waals surface area contributed by atoms with Crippen molar-refractivity contribution in [2.24, 2.45) is 0 Å². The second-order valence-corrected chi connectivity index (χ2v) is 7.37. The van der Waals surface area contributed by atoms with Gasteiger partial charge in [0.1, 0.15) is 5.65 Å². The SMILES string of the molecule is CN(c1nc2ccccn2c1CO)C1CCS(=O)(=O)C1. The molecule has 1 aliphatic rings. The third-order valence-corrected chi connectivity index (χ3v) is 5.60. The van der Waals surface area contributed by atoms with E-state index in [1.807, 2.05) is 40.7 Å². The van der Waals surface area contributed by atoms with Gasteiger partial charge in [-0.15, -0.1) is 0 Å². The maximum absolute atomic E-state index is 11.6. The summed E-state index contributed by atoms with van der Waals surface area (Å²) in [6, 6.07) is 5.54. The molecule has 2 aromatic heterocycles. The number of pyridine rings is 1. The summed E-state index contributed by atoms with van der Waals surface area (Å²) < 4.78 is 25.0. The van der Waals surface area contributed by atoms with Crippen LogP contribution in [-0.2, 0) is 16.4 Å². The Morgan fingerprint density at radius 2 is 2.30 bits per heavy atom. The monoisotopic (exact) mass is 295 g/mol. The van der Waals surface area contributed by atoms with Crippen molar-refractivity contribution in [1.82, 2.24) is 9.38 Å². The van der Waals surface area contributed by atoms with Crippen LogP contribution in [0.2, 0.25) is 0 Å². The number of sulfone groups is 1. The molecule has 108 valence electrons. The molecule has 20 heavy (non-hydrogen) atoms. The number of aromatic nitrogens is 2. The van der Waals surface area contributed by atoms with Crippen molar-refractivity contribution in [2.75, 3.05) is 23.5 Å². The van der Waals surface area contributed by atoms with E-state index >= 15 is 0 Å². The van der Waals surface area contributed by atoms with Crippen molar-refractivity contribution in [3.8, 4) is 0 Å². The first kappa shape index (κ1) is 13.4. The topological polar surface area (TPSA) is 74.9 Å². The summed E-state index contributed by atoms with van der Waals surface area (Å²) in [5, 5.41) is 9.59. The minimum absolute atomic E-state index is 0.0739. The van der Waals surface area contributed by atoms with Crippen LogP contribution in [0.15, 0.2) is 24.4 Å². The fraction of sp³-hybridized carbons (Fsp3) is 0.462. The van der Waals surface area contributed by atoms with Crippen molar-refractivity contribution in [2.45, 2.75) is 19.1 Å². The van der Waals surface area contributed by atoms with Gasteiger partial charge in [-0.25, -0.2) is 13.4 Å². The lowest BCUT2D eigenvalue weighted by atomic mass is 10.2. The Kier molecular flexibility index (Phi) is 3.18. The van der Waals surface area contributed by atoms with Crippen LogP contribution in [-0.4, -0.2) is 47.5 Å². The van der Waals surface area contributed by atoms with Crippen LogP contribution in [0.3, 0.4) is 0 Å². The molecule has 1 N–H and O–H groups in total. The zero-order chi connectivity index (χ0) is 14.3. The molecule has 1 atom stereocenters. The highest BCUT2D eigenvalue weighted by molar-refractivity contribution is 7.91. The predicted octanol–water partition coefficient (Wildman–Crippen LogP) is 0.450. The summed E-state index contributed by atoms with van der Waals surface area (Å²) in [7, 11) is -1.10. The van der Waals surface area contributed by atoms with E-state index < -0.39 is 9.84 Å². The molecule has 3 rings (SSSR count). The molecule has 1 unspecified atom stereocenters. The molecule has 0 bridgehead atoms. The Bertz CT molecular complexity index is 738. The molecular weight excluding hydrogens is 278 g/mol. The molecule has 1 aliphatic heterocycles. The molecule has 1 saturated heterocycles. The quantitative estimate of drug-likeness (QED) is 0.890. The van der Waals surface area contributed by atoms with Crippen molar-refractivity contribution in [1.29, 1.82) is 0 Å². The molecule has 1 fully saturated rings. The van der Waals surface area contributed by atoms with E-state index in [1.54, 1.807) is 0 Å². The Morgan fingerprint density at radius 1 is 1.50 bits per heavy atom. The number of rotatable bonds is 3. The molecule has 0 spiro atoms. The van der Waals surface area contributed by atoms with Crippen molar-refractivity contribution in [3.63, 3.8) is 0 Å². The number of nitrogens with zero attached hydrogens (tertiary/aromatic N) is 3. The maximum Gasteiger partial charge on any atom is 0.153 e. The van der Waals surface area contributed by atoms with Crippen LogP contribution >= 0.6 is 0 Å². The van der Waals surface area contributed by atoms with Gasteiger partial charge < -0.3 is 10.0 Å². The fourth-order valence-corrected chi connectivity index (χ4v) is 4.49. The minimum Gasteiger partial charge on any atom is -0.390 e. The zero-order valence-corrected chi connectivity index (χ0v) is 12.0. The minimum atomic E-state index is -2.94. The summed E-state index contributed by atoms with van der Waals surface area (Å²) >= 11 is 0. The molecule has 0 radical (unpaired) electrons. The zero-order valence-electron chi connectivity index (χ0n) is 11.2. The van der Waals surface area contributed by atoms with Gasteiger partial charge in [0.05, 0.1) is 23.8 Å². The van der Waals surface area contributed by atoms with Gasteiger partial charge in [-0.3, -0.25) is 4.40 Å². The summed E-state index contributed by atoms with van der Waals surface area (Å²) in [6.07, 6.45) is 2.45. The van der Waals surface area contributed by atoms with Crippen LogP contribution in [0.1, 0.15) is 12.1 Å². The molecule has 0 aromatic carbocycles. The van der Waals surface area contributed by atoms with Gasteiger partial charge in [-0.2, -0.15) is 0 Å². The number of imidazole rings is 1. The van der Waals surface area contributed by atoms with Gasteiger partial charge in [0.15, 0.2) is 15.7 Å². The van der Waals surface area contributed by atoms with E-state index in [1.165, 1.54) is 0 Å². The third kappa shape index (κ3) is 2.16. The van der Waals surface area contributed by atoms with E-state index in [9.17, 15) is 13.5 Å². The summed E-state index contributed by atoms with van der Waals surface area (Å²) in [6.45, 7) is -0.135. The maximum atomic E-state index is 11.6. The molecule has 2 aromatic rings. The summed E-state index contributed by atoms with van der Waals surface area (Å²) in [5.74, 6) is 1.03. The molecule has 6 nitrogen and oxygen atoms in total. The number of hydrogen-bond acceptors (Lipinski definition) is 5. The first-order valence-corrected chi connectivity index (χ1v) is 8.34. The third-order valence-electron chi connectivity index (χ3n) is 3.85. The standard InChI is InChI=1S/C13H17N3O3S/c1-15(10-5-7-20(18,19)9-10)13-11(8-17)16-6-3-2-4-12(16)14-13/h2-4,6,10,17H,5,7-9H2,1H3. The molecular formula is C13H17N3O3S. The molecule has 0 saturated carbocycles. The lowest BCUT2D eigenvalue weighted by Gasteiger charge is -2.24. The largest absolute Gasteiger partial charge is 0.390 e. The van der Waals surface area contributed by atoms with Crippen LogP contribution < -0.4 is 4.90 Å². The number of fused-ring (bicyclic) bond motifs is 1. The molecule has 3 heterocycles. The van der Waals surface area contributed by atoms with Crippen LogP contribution in [0.25, 0.3) is 5.65 Å². The summed E-state index contributed by atoms with van der Waals surface area (Å²) in [4.78, 5) is 6.39. The van der Waals surface area contributed by atoms with E-state index in [2.05, 4.69) is 4.98 Å². The number of hydrogen-bond donors (Lipinski definition) is 1. The lowest BCUT2D eigenvalue weighted by molar-refractivity contribution is 0.276. The van der Waals surface area contributed by atoms with Gasteiger partial charge in [-0.05, 0) is 18.6 Å². The van der Waals surface area contributed by atoms with Crippen molar-refractivity contribution >= 4 is 21.3 Å². The Labute approximate surface area is 117 Å². The first-order valence-electron chi connectivity index (χ1n) is 6.52. The second kappa shape index (κ2) is 4.75.